The van der Waals surface area contributed by atoms with Crippen LogP contribution < -0.4 is 0 Å². The van der Waals surface area contributed by atoms with Crippen LogP contribution in [-0.4, -0.2) is 0 Å². The standard InChI is InChI=1S/C16H12S/c1-2-6-12-11(5-1)9-10-14-13-7-3-4-8-15(13)17-16(12)14/h1-10,14,16H/t14-,16-/m1/s1. The van der Waals surface area contributed by atoms with Gasteiger partial charge in [0.25, 0.3) is 0 Å². The average molecular weight is 236 g/mol. The summed E-state index contributed by atoms with van der Waals surface area (Å²) >= 11 is 2.01. The van der Waals surface area contributed by atoms with Gasteiger partial charge in [0.1, 0.15) is 0 Å². The lowest BCUT2D eigenvalue weighted by Gasteiger charge is -2.23. The van der Waals surface area contributed by atoms with Gasteiger partial charge in [-0.1, -0.05) is 54.6 Å². The molecule has 0 radical (unpaired) electrons. The molecule has 2 aromatic carbocycles. The smallest absolute Gasteiger partial charge is 0.0454 e. The van der Waals surface area contributed by atoms with Crippen LogP contribution in [0.25, 0.3) is 6.08 Å². The Kier molecular flexibility index (Phi) is 1.97. The third-order valence-corrected chi connectivity index (χ3v) is 5.07. The molecule has 0 unspecified atom stereocenters. The van der Waals surface area contributed by atoms with Crippen molar-refractivity contribution in [2.45, 2.75) is 16.1 Å². The summed E-state index contributed by atoms with van der Waals surface area (Å²) in [5, 5.41) is 0.577. The van der Waals surface area contributed by atoms with E-state index in [1.165, 1.54) is 21.6 Å². The van der Waals surface area contributed by atoms with E-state index in [-0.39, 0.29) is 0 Å². The third-order valence-electron chi connectivity index (χ3n) is 3.64. The quantitative estimate of drug-likeness (QED) is 0.642. The Bertz CT molecular complexity index is 612. The van der Waals surface area contributed by atoms with Crippen molar-refractivity contribution in [3.63, 3.8) is 0 Å². The molecule has 82 valence electrons. The molecule has 0 nitrogen and oxygen atoms in total. The minimum absolute atomic E-state index is 0.561. The molecule has 0 aromatic heterocycles. The van der Waals surface area contributed by atoms with Gasteiger partial charge >= 0.3 is 0 Å². The first-order valence-electron chi connectivity index (χ1n) is 5.96. The first-order chi connectivity index (χ1) is 8.43. The molecule has 0 spiro atoms. The van der Waals surface area contributed by atoms with Crippen LogP contribution in [-0.2, 0) is 0 Å². The SMILES string of the molecule is C1=C[C@@H]2c3ccccc3S[C@@H]2c2ccccc21. The van der Waals surface area contributed by atoms with Gasteiger partial charge in [-0.3, -0.25) is 0 Å². The monoisotopic (exact) mass is 236 g/mol. The molecular formula is C16H12S. The predicted octanol–water partition coefficient (Wildman–Crippen LogP) is 4.64. The maximum Gasteiger partial charge on any atom is 0.0454 e. The van der Waals surface area contributed by atoms with Gasteiger partial charge in [-0.25, -0.2) is 0 Å². The van der Waals surface area contributed by atoms with Gasteiger partial charge in [0, 0.05) is 16.1 Å². The Morgan fingerprint density at radius 1 is 0.824 bits per heavy atom. The van der Waals surface area contributed by atoms with Crippen molar-refractivity contribution in [1.29, 1.82) is 0 Å². The van der Waals surface area contributed by atoms with E-state index in [1.54, 1.807) is 0 Å². The van der Waals surface area contributed by atoms with Crippen molar-refractivity contribution < 1.29 is 0 Å². The first kappa shape index (κ1) is 9.55. The first-order valence-corrected chi connectivity index (χ1v) is 6.84. The maximum atomic E-state index is 2.37. The molecule has 1 heterocycles. The molecule has 1 heteroatoms. The summed E-state index contributed by atoms with van der Waals surface area (Å²) in [7, 11) is 0. The molecular weight excluding hydrogens is 224 g/mol. The number of benzene rings is 2. The zero-order valence-electron chi connectivity index (χ0n) is 9.34. The second-order valence-corrected chi connectivity index (χ2v) is 5.77. The summed E-state index contributed by atoms with van der Waals surface area (Å²) in [6, 6.07) is 17.6. The topological polar surface area (TPSA) is 0 Å². The molecule has 0 N–H and O–H groups in total. The summed E-state index contributed by atoms with van der Waals surface area (Å²) in [6.45, 7) is 0. The van der Waals surface area contributed by atoms with Crippen molar-refractivity contribution in [3.05, 3.63) is 71.3 Å². The molecule has 0 saturated heterocycles. The Morgan fingerprint density at radius 3 is 2.53 bits per heavy atom. The van der Waals surface area contributed by atoms with Crippen molar-refractivity contribution in [2.24, 2.45) is 0 Å². The molecule has 0 fully saturated rings. The number of rotatable bonds is 0. The lowest BCUT2D eigenvalue weighted by Crippen LogP contribution is -2.06. The molecule has 0 bridgehead atoms. The van der Waals surface area contributed by atoms with Gasteiger partial charge in [0.05, 0.1) is 0 Å². The van der Waals surface area contributed by atoms with E-state index in [1.807, 2.05) is 11.8 Å². The van der Waals surface area contributed by atoms with E-state index >= 15 is 0 Å². The largest absolute Gasteiger partial charge is 0.117 e. The minimum atomic E-state index is 0.561. The summed E-state index contributed by atoms with van der Waals surface area (Å²) < 4.78 is 0. The van der Waals surface area contributed by atoms with E-state index < -0.39 is 0 Å². The van der Waals surface area contributed by atoms with Crippen LogP contribution in [0.2, 0.25) is 0 Å². The summed E-state index contributed by atoms with van der Waals surface area (Å²) in [5.41, 5.74) is 4.36. The minimum Gasteiger partial charge on any atom is -0.117 e. The molecule has 1 aliphatic carbocycles. The average Bonchev–Trinajstić information content (AvgIpc) is 2.78. The summed E-state index contributed by atoms with van der Waals surface area (Å²) in [5.74, 6) is 0.561. The fraction of sp³-hybridized carbons (Fsp3) is 0.125. The molecule has 2 atom stereocenters. The fourth-order valence-electron chi connectivity index (χ4n) is 2.83. The van der Waals surface area contributed by atoms with Crippen molar-refractivity contribution in [3.8, 4) is 0 Å². The van der Waals surface area contributed by atoms with Gasteiger partial charge in [0.2, 0.25) is 0 Å². The van der Waals surface area contributed by atoms with Crippen LogP contribution in [0.15, 0.2) is 59.5 Å². The zero-order chi connectivity index (χ0) is 11.2. The number of hydrogen-bond acceptors (Lipinski definition) is 1. The second-order valence-electron chi connectivity index (χ2n) is 4.59. The van der Waals surface area contributed by atoms with Crippen LogP contribution in [0.3, 0.4) is 0 Å². The Labute approximate surface area is 105 Å². The van der Waals surface area contributed by atoms with Crippen molar-refractivity contribution in [1.82, 2.24) is 0 Å². The van der Waals surface area contributed by atoms with Crippen LogP contribution in [0.5, 0.6) is 0 Å². The van der Waals surface area contributed by atoms with Gasteiger partial charge in [-0.05, 0) is 22.8 Å². The molecule has 1 aliphatic heterocycles. The summed E-state index contributed by atoms with van der Waals surface area (Å²) in [6.07, 6.45) is 4.64. The fourth-order valence-corrected chi connectivity index (χ4v) is 4.32. The van der Waals surface area contributed by atoms with Gasteiger partial charge < -0.3 is 0 Å². The van der Waals surface area contributed by atoms with E-state index in [2.05, 4.69) is 60.7 Å². The highest BCUT2D eigenvalue weighted by molar-refractivity contribution is 8.00. The van der Waals surface area contributed by atoms with Gasteiger partial charge in [-0.15, -0.1) is 11.8 Å². The van der Waals surface area contributed by atoms with Crippen LogP contribution in [0, 0.1) is 0 Å². The number of allylic oxidation sites excluding steroid dienone is 1. The maximum absolute atomic E-state index is 2.37. The third kappa shape index (κ3) is 1.32. The number of thioether (sulfide) groups is 1. The lowest BCUT2D eigenvalue weighted by molar-refractivity contribution is 0.818. The lowest BCUT2D eigenvalue weighted by atomic mass is 9.85. The number of fused-ring (bicyclic) bond motifs is 5. The summed E-state index contributed by atoms with van der Waals surface area (Å²) in [4.78, 5) is 1.45. The van der Waals surface area contributed by atoms with E-state index in [4.69, 9.17) is 0 Å². The van der Waals surface area contributed by atoms with E-state index in [0.717, 1.165) is 0 Å². The number of hydrogen-bond donors (Lipinski definition) is 0. The van der Waals surface area contributed by atoms with E-state index in [9.17, 15) is 0 Å². The normalized spacial score (nSPS) is 24.0. The highest BCUT2D eigenvalue weighted by atomic mass is 32.2. The molecule has 0 saturated carbocycles. The Morgan fingerprint density at radius 2 is 1.59 bits per heavy atom. The molecule has 4 rings (SSSR count). The van der Waals surface area contributed by atoms with Crippen molar-refractivity contribution in [2.75, 3.05) is 0 Å². The van der Waals surface area contributed by atoms with Crippen LogP contribution in [0.1, 0.15) is 27.9 Å². The molecule has 2 aromatic rings. The van der Waals surface area contributed by atoms with Crippen LogP contribution >= 0.6 is 11.8 Å². The van der Waals surface area contributed by atoms with Crippen LogP contribution in [0.4, 0.5) is 0 Å². The van der Waals surface area contributed by atoms with E-state index in [0.29, 0.717) is 11.2 Å². The van der Waals surface area contributed by atoms with Crippen molar-refractivity contribution >= 4 is 17.8 Å². The second kappa shape index (κ2) is 3.51. The van der Waals surface area contributed by atoms with Gasteiger partial charge in [-0.2, -0.15) is 0 Å². The highest BCUT2D eigenvalue weighted by Crippen LogP contribution is 2.57. The van der Waals surface area contributed by atoms with Gasteiger partial charge in [0.15, 0.2) is 0 Å². The molecule has 2 aliphatic rings. The highest BCUT2D eigenvalue weighted by Gasteiger charge is 2.35. The Balaban J connectivity index is 1.90. The zero-order valence-corrected chi connectivity index (χ0v) is 10.2. The molecule has 0 amide bonds. The molecule has 17 heavy (non-hydrogen) atoms. The Hall–Kier alpha value is -1.47. The predicted molar refractivity (Wildman–Crippen MR) is 73.3 cm³/mol.